The molecule has 0 amide bonds. The van der Waals surface area contributed by atoms with E-state index in [9.17, 15) is 9.50 Å². The van der Waals surface area contributed by atoms with Crippen molar-refractivity contribution in [2.75, 3.05) is 0 Å². The van der Waals surface area contributed by atoms with Crippen LogP contribution in [0.2, 0.25) is 0 Å². The van der Waals surface area contributed by atoms with Gasteiger partial charge < -0.3 is 5.11 Å². The molecule has 3 nitrogen and oxygen atoms in total. The molecule has 0 saturated heterocycles. The molecule has 0 bridgehead atoms. The summed E-state index contributed by atoms with van der Waals surface area (Å²) < 4.78 is 16.8. The van der Waals surface area contributed by atoms with E-state index < -0.39 is 6.10 Å². The topological polar surface area (TPSA) is 38.0 Å². The highest BCUT2D eigenvalue weighted by atomic mass is 79.9. The molecule has 2 heterocycles. The van der Waals surface area contributed by atoms with Crippen molar-refractivity contribution < 1.29 is 9.50 Å². The van der Waals surface area contributed by atoms with Crippen molar-refractivity contribution >= 4 is 37.4 Å². The first-order chi connectivity index (χ1) is 9.95. The van der Waals surface area contributed by atoms with Crippen molar-refractivity contribution in [2.45, 2.75) is 19.4 Å². The number of thiophene rings is 1. The van der Waals surface area contributed by atoms with Crippen LogP contribution in [0.4, 0.5) is 4.39 Å². The predicted molar refractivity (Wildman–Crippen MR) is 86.1 cm³/mol. The lowest BCUT2D eigenvalue weighted by atomic mass is 10.1. The maximum Gasteiger partial charge on any atom is 0.124 e. The summed E-state index contributed by atoms with van der Waals surface area (Å²) in [6.45, 7) is 1.92. The maximum atomic E-state index is 13.2. The fourth-order valence-electron chi connectivity index (χ4n) is 2.38. The Kier molecular flexibility index (Phi) is 3.86. The van der Waals surface area contributed by atoms with Gasteiger partial charge in [0.05, 0.1) is 22.0 Å². The maximum absolute atomic E-state index is 13.2. The Bertz CT molecular complexity index is 811. The van der Waals surface area contributed by atoms with Gasteiger partial charge in [0.15, 0.2) is 0 Å². The Morgan fingerprint density at radius 2 is 2.19 bits per heavy atom. The van der Waals surface area contributed by atoms with Crippen molar-refractivity contribution in [1.29, 1.82) is 0 Å². The zero-order chi connectivity index (χ0) is 15.1. The van der Waals surface area contributed by atoms with Crippen molar-refractivity contribution in [2.24, 2.45) is 7.05 Å². The average Bonchev–Trinajstić information content (AvgIpc) is 2.95. The molecule has 2 aromatic heterocycles. The zero-order valence-corrected chi connectivity index (χ0v) is 14.0. The lowest BCUT2D eigenvalue weighted by molar-refractivity contribution is 0.179. The summed E-state index contributed by atoms with van der Waals surface area (Å²) >= 11 is 4.93. The minimum Gasteiger partial charge on any atom is -0.387 e. The lowest BCUT2D eigenvalue weighted by Crippen LogP contribution is -2.05. The number of hydrogen-bond donors (Lipinski definition) is 1. The first-order valence-electron chi connectivity index (χ1n) is 6.50. The minimum absolute atomic E-state index is 0.254. The van der Waals surface area contributed by atoms with Gasteiger partial charge in [-0.15, -0.1) is 11.3 Å². The van der Waals surface area contributed by atoms with Crippen molar-refractivity contribution in [3.8, 4) is 0 Å². The fraction of sp³-hybridized carbons (Fsp3) is 0.267. The van der Waals surface area contributed by atoms with Crippen LogP contribution in [-0.2, 0) is 13.5 Å². The molecule has 1 aromatic carbocycles. The molecule has 1 atom stereocenters. The van der Waals surface area contributed by atoms with Crippen LogP contribution < -0.4 is 0 Å². The molecule has 0 saturated carbocycles. The van der Waals surface area contributed by atoms with Gasteiger partial charge in [0, 0.05) is 23.0 Å². The molecule has 0 aliphatic heterocycles. The molecule has 21 heavy (non-hydrogen) atoms. The second kappa shape index (κ2) is 5.51. The van der Waals surface area contributed by atoms with Crippen LogP contribution in [0, 0.1) is 12.7 Å². The molecule has 3 aromatic rings. The van der Waals surface area contributed by atoms with E-state index in [1.165, 1.54) is 23.5 Å². The summed E-state index contributed by atoms with van der Waals surface area (Å²) in [4.78, 5) is 0.835. The molecule has 0 aliphatic carbocycles. The second-order valence-corrected chi connectivity index (χ2v) is 6.93. The van der Waals surface area contributed by atoms with Crippen LogP contribution in [0.25, 0.3) is 10.1 Å². The Labute approximate surface area is 134 Å². The van der Waals surface area contributed by atoms with Crippen molar-refractivity contribution in [1.82, 2.24) is 9.78 Å². The average molecular weight is 369 g/mol. The fourth-order valence-corrected chi connectivity index (χ4v) is 3.95. The molecule has 1 unspecified atom stereocenters. The summed E-state index contributed by atoms with van der Waals surface area (Å²) in [6, 6.07) is 6.59. The largest absolute Gasteiger partial charge is 0.387 e. The van der Waals surface area contributed by atoms with Crippen molar-refractivity contribution in [3.05, 3.63) is 50.8 Å². The van der Waals surface area contributed by atoms with Gasteiger partial charge in [-0.25, -0.2) is 4.39 Å². The van der Waals surface area contributed by atoms with E-state index in [1.807, 2.05) is 20.0 Å². The number of aryl methyl sites for hydroxylation is 2. The van der Waals surface area contributed by atoms with Gasteiger partial charge in [-0.1, -0.05) is 6.07 Å². The third-order valence-electron chi connectivity index (χ3n) is 3.48. The molecule has 6 heteroatoms. The number of benzene rings is 1. The van der Waals surface area contributed by atoms with Gasteiger partial charge in [-0.05, 0) is 46.4 Å². The molecule has 0 aliphatic rings. The van der Waals surface area contributed by atoms with Gasteiger partial charge >= 0.3 is 0 Å². The number of fused-ring (bicyclic) bond motifs is 1. The first kappa shape index (κ1) is 14.7. The summed E-state index contributed by atoms with van der Waals surface area (Å²) in [5.74, 6) is -0.254. The normalized spacial score (nSPS) is 13.0. The quantitative estimate of drug-likeness (QED) is 0.754. The summed E-state index contributed by atoms with van der Waals surface area (Å²) in [5, 5.41) is 15.7. The standard InChI is InChI=1S/C15H14BrFN2OS/c1-8-15(16)11(19(2)18-8)7-12(20)14-5-9-3-4-10(17)6-13(9)21-14/h3-6,12,20H,7H2,1-2H3. The first-order valence-corrected chi connectivity index (χ1v) is 8.11. The second-order valence-electron chi connectivity index (χ2n) is 5.02. The monoisotopic (exact) mass is 368 g/mol. The highest BCUT2D eigenvalue weighted by molar-refractivity contribution is 9.10. The van der Waals surface area contributed by atoms with Crippen LogP contribution in [0.5, 0.6) is 0 Å². The van der Waals surface area contributed by atoms with Gasteiger partial charge in [0.25, 0.3) is 0 Å². The summed E-state index contributed by atoms with van der Waals surface area (Å²) in [6.07, 6.45) is -0.163. The predicted octanol–water partition coefficient (Wildman–Crippen LogP) is 4.12. The van der Waals surface area contributed by atoms with Gasteiger partial charge in [0.2, 0.25) is 0 Å². The van der Waals surface area contributed by atoms with E-state index in [0.29, 0.717) is 6.42 Å². The number of halogens is 2. The van der Waals surface area contributed by atoms with Crippen LogP contribution in [0.3, 0.4) is 0 Å². The van der Waals surface area contributed by atoms with E-state index in [1.54, 1.807) is 10.7 Å². The van der Waals surface area contributed by atoms with Gasteiger partial charge in [-0.2, -0.15) is 5.10 Å². The Balaban J connectivity index is 1.91. The van der Waals surface area contributed by atoms with E-state index in [0.717, 1.165) is 30.8 Å². The van der Waals surface area contributed by atoms with Gasteiger partial charge in [0.1, 0.15) is 5.82 Å². The molecule has 3 rings (SSSR count). The van der Waals surface area contributed by atoms with Gasteiger partial charge in [-0.3, -0.25) is 4.68 Å². The number of aromatic nitrogens is 2. The molecule has 0 fully saturated rings. The third kappa shape index (κ3) is 2.75. The lowest BCUT2D eigenvalue weighted by Gasteiger charge is -2.09. The summed E-state index contributed by atoms with van der Waals surface area (Å²) in [7, 11) is 1.86. The Morgan fingerprint density at radius 3 is 2.86 bits per heavy atom. The van der Waals surface area contributed by atoms with E-state index in [4.69, 9.17) is 0 Å². The molecule has 0 radical (unpaired) electrons. The number of nitrogens with zero attached hydrogens (tertiary/aromatic N) is 2. The van der Waals surface area contributed by atoms with E-state index >= 15 is 0 Å². The van der Waals surface area contributed by atoms with E-state index in [-0.39, 0.29) is 5.82 Å². The van der Waals surface area contributed by atoms with Crippen LogP contribution >= 0.6 is 27.3 Å². The minimum atomic E-state index is -0.628. The third-order valence-corrected chi connectivity index (χ3v) is 5.71. The number of rotatable bonds is 3. The highest BCUT2D eigenvalue weighted by Gasteiger charge is 2.18. The smallest absolute Gasteiger partial charge is 0.124 e. The Morgan fingerprint density at radius 1 is 1.43 bits per heavy atom. The number of aliphatic hydroxyl groups excluding tert-OH is 1. The summed E-state index contributed by atoms with van der Waals surface area (Å²) in [5.41, 5.74) is 1.85. The van der Waals surface area contributed by atoms with Crippen LogP contribution in [-0.4, -0.2) is 14.9 Å². The number of hydrogen-bond acceptors (Lipinski definition) is 3. The van der Waals surface area contributed by atoms with Crippen LogP contribution in [0.15, 0.2) is 28.7 Å². The van der Waals surface area contributed by atoms with Crippen molar-refractivity contribution in [3.63, 3.8) is 0 Å². The highest BCUT2D eigenvalue weighted by Crippen LogP contribution is 2.33. The molecular formula is C15H14BrFN2OS. The van der Waals surface area contributed by atoms with E-state index in [2.05, 4.69) is 21.0 Å². The zero-order valence-electron chi connectivity index (χ0n) is 11.6. The molecule has 0 spiro atoms. The van der Waals surface area contributed by atoms with Crippen LogP contribution in [0.1, 0.15) is 22.4 Å². The SMILES string of the molecule is Cc1nn(C)c(CC(O)c2cc3ccc(F)cc3s2)c1Br. The number of aliphatic hydroxyl groups is 1. The molecule has 1 N–H and O–H groups in total. The Hall–Kier alpha value is -1.24. The molecular weight excluding hydrogens is 355 g/mol. The molecule has 110 valence electrons.